The Kier molecular flexibility index (Phi) is 3.20. The lowest BCUT2D eigenvalue weighted by Crippen LogP contribution is -2.05. The predicted octanol–water partition coefficient (Wildman–Crippen LogP) is 2.14. The van der Waals surface area contributed by atoms with Gasteiger partial charge in [-0.3, -0.25) is 10.1 Å². The van der Waals surface area contributed by atoms with Crippen molar-refractivity contribution < 1.29 is 4.92 Å². The van der Waals surface area contributed by atoms with Crippen LogP contribution in [0.3, 0.4) is 0 Å². The van der Waals surface area contributed by atoms with E-state index in [9.17, 15) is 10.1 Å². The quantitative estimate of drug-likeness (QED) is 0.675. The molecule has 7 nitrogen and oxygen atoms in total. The molecule has 0 aliphatic carbocycles. The number of anilines is 1. The first-order valence-electron chi connectivity index (χ1n) is 5.81. The van der Waals surface area contributed by atoms with E-state index in [0.717, 1.165) is 17.0 Å². The van der Waals surface area contributed by atoms with Crippen molar-refractivity contribution in [1.82, 2.24) is 14.8 Å². The topological polar surface area (TPSA) is 85.9 Å². The van der Waals surface area contributed by atoms with E-state index in [2.05, 4.69) is 15.4 Å². The van der Waals surface area contributed by atoms with E-state index in [-0.39, 0.29) is 5.69 Å². The molecule has 0 aliphatic rings. The summed E-state index contributed by atoms with van der Waals surface area (Å²) in [7, 11) is 1.67. The van der Waals surface area contributed by atoms with E-state index in [1.165, 1.54) is 12.1 Å². The Morgan fingerprint density at radius 2 is 2.00 bits per heavy atom. The van der Waals surface area contributed by atoms with Gasteiger partial charge < -0.3 is 5.32 Å². The van der Waals surface area contributed by atoms with E-state index in [4.69, 9.17) is 0 Å². The number of rotatable bonds is 3. The third-order valence-electron chi connectivity index (χ3n) is 3.13. The molecule has 0 atom stereocenters. The fourth-order valence-corrected chi connectivity index (χ4v) is 1.79. The maximum absolute atomic E-state index is 10.9. The highest BCUT2D eigenvalue weighted by atomic mass is 16.6. The Morgan fingerprint density at radius 1 is 1.32 bits per heavy atom. The molecule has 0 radical (unpaired) electrons. The monoisotopic (exact) mass is 261 g/mol. The minimum Gasteiger partial charge on any atom is -0.373 e. The molecular formula is C12H15N5O2. The SMILES string of the molecule is CNc1cc([N+](=O)[O-])cc(-n2nc(C)c(C)c2C)n1. The molecule has 0 aliphatic heterocycles. The fraction of sp³-hybridized carbons (Fsp3) is 0.333. The lowest BCUT2D eigenvalue weighted by Gasteiger charge is -2.06. The van der Waals surface area contributed by atoms with Gasteiger partial charge in [0, 0.05) is 12.7 Å². The summed E-state index contributed by atoms with van der Waals surface area (Å²) in [5.41, 5.74) is 2.85. The van der Waals surface area contributed by atoms with Crippen LogP contribution in [0.25, 0.3) is 5.82 Å². The number of nitrogens with zero attached hydrogens (tertiary/aromatic N) is 4. The van der Waals surface area contributed by atoms with Crippen molar-refractivity contribution in [3.05, 3.63) is 39.2 Å². The second kappa shape index (κ2) is 4.68. The average molecular weight is 261 g/mol. The van der Waals surface area contributed by atoms with Crippen molar-refractivity contribution in [2.45, 2.75) is 20.8 Å². The Morgan fingerprint density at radius 3 is 2.47 bits per heavy atom. The van der Waals surface area contributed by atoms with Crippen molar-refractivity contribution in [2.75, 3.05) is 12.4 Å². The number of nitro groups is 1. The second-order valence-electron chi connectivity index (χ2n) is 4.28. The summed E-state index contributed by atoms with van der Waals surface area (Å²) in [6.45, 7) is 5.77. The lowest BCUT2D eigenvalue weighted by atomic mass is 10.2. The minimum atomic E-state index is -0.440. The summed E-state index contributed by atoms with van der Waals surface area (Å²) in [6, 6.07) is 2.81. The Balaban J connectivity index is 2.64. The van der Waals surface area contributed by atoms with Gasteiger partial charge in [-0.05, 0) is 26.3 Å². The normalized spacial score (nSPS) is 10.5. The first-order chi connectivity index (χ1) is 8.93. The van der Waals surface area contributed by atoms with E-state index >= 15 is 0 Å². The Labute approximate surface area is 110 Å². The van der Waals surface area contributed by atoms with E-state index in [0.29, 0.717) is 11.6 Å². The molecule has 0 fully saturated rings. The molecule has 0 saturated heterocycles. The zero-order chi connectivity index (χ0) is 14.2. The number of pyridine rings is 1. The summed E-state index contributed by atoms with van der Waals surface area (Å²) in [5.74, 6) is 0.877. The van der Waals surface area contributed by atoms with E-state index < -0.39 is 4.92 Å². The molecule has 0 spiro atoms. The first-order valence-corrected chi connectivity index (χ1v) is 5.81. The van der Waals surface area contributed by atoms with Crippen LogP contribution in [0.15, 0.2) is 12.1 Å². The average Bonchev–Trinajstić information content (AvgIpc) is 2.66. The largest absolute Gasteiger partial charge is 0.373 e. The number of hydrogen-bond donors (Lipinski definition) is 1. The summed E-state index contributed by atoms with van der Waals surface area (Å²) in [4.78, 5) is 14.8. The highest BCUT2D eigenvalue weighted by Gasteiger charge is 2.15. The van der Waals surface area contributed by atoms with Gasteiger partial charge in [0.1, 0.15) is 5.82 Å². The van der Waals surface area contributed by atoms with Crippen molar-refractivity contribution in [2.24, 2.45) is 0 Å². The standard InChI is InChI=1S/C12H15N5O2/c1-7-8(2)15-16(9(7)3)12-6-10(17(18)19)5-11(13-4)14-12/h5-6H,1-4H3,(H,13,14). The van der Waals surface area contributed by atoms with Gasteiger partial charge in [0.05, 0.1) is 22.7 Å². The summed E-state index contributed by atoms with van der Waals surface area (Å²) >= 11 is 0. The van der Waals surface area contributed by atoms with Crippen LogP contribution in [0.1, 0.15) is 17.0 Å². The zero-order valence-electron chi connectivity index (χ0n) is 11.3. The molecule has 19 heavy (non-hydrogen) atoms. The van der Waals surface area contributed by atoms with Crippen LogP contribution in [-0.2, 0) is 0 Å². The van der Waals surface area contributed by atoms with Crippen LogP contribution < -0.4 is 5.32 Å². The zero-order valence-corrected chi connectivity index (χ0v) is 11.3. The van der Waals surface area contributed by atoms with Crippen molar-refractivity contribution in [3.8, 4) is 5.82 Å². The van der Waals surface area contributed by atoms with Crippen LogP contribution >= 0.6 is 0 Å². The fourth-order valence-electron chi connectivity index (χ4n) is 1.79. The third kappa shape index (κ3) is 2.26. The van der Waals surface area contributed by atoms with Crippen molar-refractivity contribution in [3.63, 3.8) is 0 Å². The Hall–Kier alpha value is -2.44. The van der Waals surface area contributed by atoms with Crippen LogP contribution in [-0.4, -0.2) is 26.7 Å². The third-order valence-corrected chi connectivity index (χ3v) is 3.13. The van der Waals surface area contributed by atoms with E-state index in [1.807, 2.05) is 20.8 Å². The molecule has 1 N–H and O–H groups in total. The summed E-state index contributed by atoms with van der Waals surface area (Å²) < 4.78 is 1.62. The number of aryl methyl sites for hydroxylation is 1. The van der Waals surface area contributed by atoms with Crippen molar-refractivity contribution in [1.29, 1.82) is 0 Å². The molecule has 0 amide bonds. The molecule has 0 aromatic carbocycles. The molecule has 7 heteroatoms. The molecule has 0 unspecified atom stereocenters. The highest BCUT2D eigenvalue weighted by molar-refractivity contribution is 5.50. The van der Waals surface area contributed by atoms with Gasteiger partial charge in [-0.1, -0.05) is 0 Å². The maximum Gasteiger partial charge on any atom is 0.276 e. The van der Waals surface area contributed by atoms with Gasteiger partial charge in [-0.2, -0.15) is 5.10 Å². The van der Waals surface area contributed by atoms with Gasteiger partial charge in [-0.25, -0.2) is 9.67 Å². The van der Waals surface area contributed by atoms with Gasteiger partial charge in [0.2, 0.25) is 0 Å². The van der Waals surface area contributed by atoms with Gasteiger partial charge in [0.25, 0.3) is 5.69 Å². The minimum absolute atomic E-state index is 0.0143. The van der Waals surface area contributed by atoms with Gasteiger partial charge in [0.15, 0.2) is 5.82 Å². The van der Waals surface area contributed by atoms with Crippen LogP contribution in [0.5, 0.6) is 0 Å². The molecule has 2 heterocycles. The molecule has 2 aromatic heterocycles. The maximum atomic E-state index is 10.9. The van der Waals surface area contributed by atoms with E-state index in [1.54, 1.807) is 11.7 Å². The number of nitrogens with one attached hydrogen (secondary N) is 1. The van der Waals surface area contributed by atoms with Crippen molar-refractivity contribution >= 4 is 11.5 Å². The molecule has 2 aromatic rings. The molecular weight excluding hydrogens is 246 g/mol. The first kappa shape index (κ1) is 13.0. The molecule has 2 rings (SSSR count). The van der Waals surface area contributed by atoms with Crippen LogP contribution in [0.2, 0.25) is 0 Å². The second-order valence-corrected chi connectivity index (χ2v) is 4.28. The lowest BCUT2D eigenvalue weighted by molar-refractivity contribution is -0.384. The summed E-state index contributed by atoms with van der Waals surface area (Å²) in [5, 5.41) is 18.1. The van der Waals surface area contributed by atoms with Crippen LogP contribution in [0.4, 0.5) is 11.5 Å². The highest BCUT2D eigenvalue weighted by Crippen LogP contribution is 2.22. The van der Waals surface area contributed by atoms with Gasteiger partial charge >= 0.3 is 0 Å². The number of aromatic nitrogens is 3. The number of hydrogen-bond acceptors (Lipinski definition) is 5. The smallest absolute Gasteiger partial charge is 0.276 e. The predicted molar refractivity (Wildman–Crippen MR) is 71.8 cm³/mol. The summed E-state index contributed by atoms with van der Waals surface area (Å²) in [6.07, 6.45) is 0. The Bertz CT molecular complexity index is 648. The van der Waals surface area contributed by atoms with Gasteiger partial charge in [-0.15, -0.1) is 0 Å². The molecule has 0 bridgehead atoms. The molecule has 100 valence electrons. The molecule has 0 saturated carbocycles. The van der Waals surface area contributed by atoms with Crippen LogP contribution in [0, 0.1) is 30.9 Å².